The van der Waals surface area contributed by atoms with Crippen molar-refractivity contribution >= 4 is 18.3 Å². The van der Waals surface area contributed by atoms with Gasteiger partial charge in [0.1, 0.15) is 0 Å². The van der Waals surface area contributed by atoms with Gasteiger partial charge in [0, 0.05) is 19.4 Å². The third kappa shape index (κ3) is 3.98. The first-order chi connectivity index (χ1) is 7.57. The fourth-order valence-corrected chi connectivity index (χ4v) is 1.79. The lowest BCUT2D eigenvalue weighted by atomic mass is 10.0. The van der Waals surface area contributed by atoms with Gasteiger partial charge in [-0.1, -0.05) is 6.92 Å². The second-order valence-electron chi connectivity index (χ2n) is 3.94. The SMILES string of the molecule is CCC(c1ccncc1)N(C)C(=O)C(C)N.Cl. The molecule has 1 aromatic heterocycles. The summed E-state index contributed by atoms with van der Waals surface area (Å²) in [6, 6.07) is 3.47. The van der Waals surface area contributed by atoms with Crippen molar-refractivity contribution in [1.29, 1.82) is 0 Å². The maximum absolute atomic E-state index is 11.8. The van der Waals surface area contributed by atoms with Gasteiger partial charge < -0.3 is 10.6 Å². The second kappa shape index (κ2) is 7.25. The van der Waals surface area contributed by atoms with Crippen LogP contribution < -0.4 is 5.73 Å². The van der Waals surface area contributed by atoms with E-state index in [1.807, 2.05) is 12.1 Å². The molecule has 0 spiro atoms. The highest BCUT2D eigenvalue weighted by Crippen LogP contribution is 2.22. The number of amides is 1. The zero-order valence-electron chi connectivity index (χ0n) is 10.5. The summed E-state index contributed by atoms with van der Waals surface area (Å²) in [6.07, 6.45) is 4.34. The Balaban J connectivity index is 0.00000256. The molecular formula is C12H20ClN3O. The quantitative estimate of drug-likeness (QED) is 0.894. The van der Waals surface area contributed by atoms with Crippen LogP contribution in [-0.2, 0) is 4.79 Å². The van der Waals surface area contributed by atoms with Crippen molar-refractivity contribution in [2.75, 3.05) is 7.05 Å². The fourth-order valence-electron chi connectivity index (χ4n) is 1.79. The van der Waals surface area contributed by atoms with Gasteiger partial charge in [-0.05, 0) is 31.0 Å². The molecule has 0 fully saturated rings. The van der Waals surface area contributed by atoms with Crippen LogP contribution in [-0.4, -0.2) is 28.9 Å². The molecule has 0 aromatic carbocycles. The number of nitrogens with two attached hydrogens (primary N) is 1. The first-order valence-corrected chi connectivity index (χ1v) is 5.50. The molecule has 5 heteroatoms. The Hall–Kier alpha value is -1.13. The topological polar surface area (TPSA) is 59.2 Å². The van der Waals surface area contributed by atoms with Crippen LogP contribution in [0.1, 0.15) is 31.9 Å². The van der Waals surface area contributed by atoms with E-state index in [1.54, 1.807) is 31.3 Å². The maximum Gasteiger partial charge on any atom is 0.239 e. The summed E-state index contributed by atoms with van der Waals surface area (Å²) in [5.41, 5.74) is 6.70. The van der Waals surface area contributed by atoms with Crippen molar-refractivity contribution in [3.8, 4) is 0 Å². The molecule has 96 valence electrons. The number of hydrogen-bond donors (Lipinski definition) is 1. The zero-order chi connectivity index (χ0) is 12.1. The first kappa shape index (κ1) is 15.9. The number of carbonyl (C=O) groups excluding carboxylic acids is 1. The lowest BCUT2D eigenvalue weighted by Crippen LogP contribution is -2.41. The van der Waals surface area contributed by atoms with Crippen LogP contribution in [0.15, 0.2) is 24.5 Å². The number of nitrogens with zero attached hydrogens (tertiary/aromatic N) is 2. The molecule has 0 aliphatic carbocycles. The summed E-state index contributed by atoms with van der Waals surface area (Å²) in [6.45, 7) is 3.76. The Kier molecular flexibility index (Phi) is 6.76. The van der Waals surface area contributed by atoms with Crippen LogP contribution in [0.5, 0.6) is 0 Å². The van der Waals surface area contributed by atoms with Crippen molar-refractivity contribution in [2.24, 2.45) is 5.73 Å². The Morgan fingerprint density at radius 3 is 2.41 bits per heavy atom. The van der Waals surface area contributed by atoms with Crippen LogP contribution in [0.4, 0.5) is 0 Å². The predicted octanol–water partition coefficient (Wildman–Crippen LogP) is 1.76. The monoisotopic (exact) mass is 257 g/mol. The zero-order valence-corrected chi connectivity index (χ0v) is 11.3. The number of pyridine rings is 1. The van der Waals surface area contributed by atoms with Gasteiger partial charge in [0.15, 0.2) is 0 Å². The molecule has 2 unspecified atom stereocenters. The summed E-state index contributed by atoms with van der Waals surface area (Å²) in [5.74, 6) is -0.0383. The van der Waals surface area contributed by atoms with E-state index in [1.165, 1.54) is 0 Å². The van der Waals surface area contributed by atoms with Crippen molar-refractivity contribution in [3.63, 3.8) is 0 Å². The van der Waals surface area contributed by atoms with Crippen LogP contribution >= 0.6 is 12.4 Å². The molecule has 1 heterocycles. The van der Waals surface area contributed by atoms with Crippen molar-refractivity contribution in [1.82, 2.24) is 9.88 Å². The molecule has 1 amide bonds. The van der Waals surface area contributed by atoms with E-state index in [4.69, 9.17) is 5.73 Å². The minimum absolute atomic E-state index is 0. The second-order valence-corrected chi connectivity index (χ2v) is 3.94. The number of halogens is 1. The minimum Gasteiger partial charge on any atom is -0.337 e. The van der Waals surface area contributed by atoms with Crippen LogP contribution in [0.2, 0.25) is 0 Å². The van der Waals surface area contributed by atoms with Gasteiger partial charge in [-0.15, -0.1) is 12.4 Å². The summed E-state index contributed by atoms with van der Waals surface area (Å²) < 4.78 is 0. The highest BCUT2D eigenvalue weighted by atomic mass is 35.5. The molecule has 0 radical (unpaired) electrons. The summed E-state index contributed by atoms with van der Waals surface area (Å²) >= 11 is 0. The standard InChI is InChI=1S/C12H19N3O.ClH/c1-4-11(10-5-7-14-8-6-10)15(3)12(16)9(2)13;/h5-9,11H,4,13H2,1-3H3;1H. The predicted molar refractivity (Wildman–Crippen MR) is 70.9 cm³/mol. The van der Waals surface area contributed by atoms with E-state index in [0.717, 1.165) is 12.0 Å². The highest BCUT2D eigenvalue weighted by molar-refractivity contribution is 5.85. The number of hydrogen-bond acceptors (Lipinski definition) is 3. The van der Waals surface area contributed by atoms with E-state index in [-0.39, 0.29) is 24.4 Å². The van der Waals surface area contributed by atoms with Gasteiger partial charge in [0.05, 0.1) is 12.1 Å². The van der Waals surface area contributed by atoms with E-state index in [0.29, 0.717) is 0 Å². The van der Waals surface area contributed by atoms with Gasteiger partial charge in [-0.25, -0.2) is 0 Å². The van der Waals surface area contributed by atoms with E-state index in [2.05, 4.69) is 11.9 Å². The summed E-state index contributed by atoms with van der Waals surface area (Å²) in [7, 11) is 1.79. The molecule has 0 aliphatic rings. The average Bonchev–Trinajstić information content (AvgIpc) is 2.30. The normalized spacial score (nSPS) is 13.4. The maximum atomic E-state index is 11.8. The molecular weight excluding hydrogens is 238 g/mol. The van der Waals surface area contributed by atoms with Gasteiger partial charge >= 0.3 is 0 Å². The number of rotatable bonds is 4. The molecule has 2 atom stereocenters. The van der Waals surface area contributed by atoms with E-state index >= 15 is 0 Å². The van der Waals surface area contributed by atoms with Crippen molar-refractivity contribution in [3.05, 3.63) is 30.1 Å². The Morgan fingerprint density at radius 2 is 2.00 bits per heavy atom. The van der Waals surface area contributed by atoms with Crippen molar-refractivity contribution < 1.29 is 4.79 Å². The van der Waals surface area contributed by atoms with Crippen LogP contribution in [0.25, 0.3) is 0 Å². The van der Waals surface area contributed by atoms with Gasteiger partial charge in [0.25, 0.3) is 0 Å². The summed E-state index contributed by atoms with van der Waals surface area (Å²) in [4.78, 5) is 17.5. The number of aromatic nitrogens is 1. The fraction of sp³-hybridized carbons (Fsp3) is 0.500. The first-order valence-electron chi connectivity index (χ1n) is 5.50. The Morgan fingerprint density at radius 1 is 1.47 bits per heavy atom. The number of likely N-dealkylation sites (N-methyl/N-ethyl adjacent to an activating group) is 1. The summed E-state index contributed by atoms with van der Waals surface area (Å²) in [5, 5.41) is 0. The molecule has 1 aromatic rings. The van der Waals surface area contributed by atoms with Gasteiger partial charge in [0.2, 0.25) is 5.91 Å². The molecule has 0 saturated heterocycles. The molecule has 4 nitrogen and oxygen atoms in total. The lowest BCUT2D eigenvalue weighted by Gasteiger charge is -2.29. The van der Waals surface area contributed by atoms with E-state index in [9.17, 15) is 4.79 Å². The molecule has 17 heavy (non-hydrogen) atoms. The number of carbonyl (C=O) groups is 1. The smallest absolute Gasteiger partial charge is 0.239 e. The van der Waals surface area contributed by atoms with E-state index < -0.39 is 6.04 Å². The third-order valence-corrected chi connectivity index (χ3v) is 2.68. The van der Waals surface area contributed by atoms with Crippen molar-refractivity contribution in [2.45, 2.75) is 32.4 Å². The Bertz CT molecular complexity index is 343. The average molecular weight is 258 g/mol. The molecule has 0 aliphatic heterocycles. The Labute approximate surface area is 109 Å². The highest BCUT2D eigenvalue weighted by Gasteiger charge is 2.21. The van der Waals surface area contributed by atoms with Gasteiger partial charge in [-0.2, -0.15) is 0 Å². The molecule has 2 N–H and O–H groups in total. The molecule has 0 saturated carbocycles. The van der Waals surface area contributed by atoms with Crippen LogP contribution in [0.3, 0.4) is 0 Å². The van der Waals surface area contributed by atoms with Gasteiger partial charge in [-0.3, -0.25) is 9.78 Å². The minimum atomic E-state index is -0.458. The molecule has 0 bridgehead atoms. The lowest BCUT2D eigenvalue weighted by molar-refractivity contribution is -0.133. The van der Waals surface area contributed by atoms with Crippen LogP contribution in [0, 0.1) is 0 Å². The largest absolute Gasteiger partial charge is 0.337 e. The molecule has 1 rings (SSSR count). The third-order valence-electron chi connectivity index (χ3n) is 2.68.